The fraction of sp³-hybridized carbons (Fsp3) is 0.667. The normalized spacial score (nSPS) is 15.9. The molecule has 2 rings (SSSR count). The molecule has 1 N–H and O–H groups in total. The maximum atomic E-state index is 10.6. The van der Waals surface area contributed by atoms with Crippen LogP contribution in [0.25, 0.3) is 0 Å². The number of aromatic nitrogens is 2. The summed E-state index contributed by atoms with van der Waals surface area (Å²) in [6.45, 7) is 2.20. The van der Waals surface area contributed by atoms with Crippen molar-refractivity contribution in [3.63, 3.8) is 0 Å². The molecule has 15 heavy (non-hydrogen) atoms. The van der Waals surface area contributed by atoms with Gasteiger partial charge in [0, 0.05) is 6.04 Å². The number of carboxylic acids is 1. The molecule has 1 aliphatic carbocycles. The molecule has 1 aromatic rings. The van der Waals surface area contributed by atoms with Gasteiger partial charge in [-0.25, -0.2) is 0 Å². The number of hydrogen-bond donors (Lipinski definition) is 1. The van der Waals surface area contributed by atoms with Crippen molar-refractivity contribution in [2.75, 3.05) is 6.54 Å². The molecular formula is C9H13N3O3. The topological polar surface area (TPSA) is 79.5 Å². The lowest BCUT2D eigenvalue weighted by Crippen LogP contribution is -2.31. The highest BCUT2D eigenvalue weighted by atomic mass is 16.5. The number of hydrogen-bond acceptors (Lipinski definition) is 5. The van der Waals surface area contributed by atoms with Crippen LogP contribution in [-0.2, 0) is 11.3 Å². The Morgan fingerprint density at radius 2 is 2.40 bits per heavy atom. The van der Waals surface area contributed by atoms with E-state index in [1.807, 2.05) is 4.90 Å². The van der Waals surface area contributed by atoms with Crippen LogP contribution in [-0.4, -0.2) is 38.7 Å². The van der Waals surface area contributed by atoms with Crippen LogP contribution in [0.2, 0.25) is 0 Å². The van der Waals surface area contributed by atoms with Crippen molar-refractivity contribution < 1.29 is 14.4 Å². The maximum Gasteiger partial charge on any atom is 0.317 e. The van der Waals surface area contributed by atoms with E-state index in [4.69, 9.17) is 9.63 Å². The molecule has 0 unspecified atom stereocenters. The second-order valence-corrected chi connectivity index (χ2v) is 3.77. The van der Waals surface area contributed by atoms with Crippen molar-refractivity contribution in [2.45, 2.75) is 32.4 Å². The van der Waals surface area contributed by atoms with Gasteiger partial charge < -0.3 is 9.63 Å². The van der Waals surface area contributed by atoms with Crippen LogP contribution in [0.4, 0.5) is 0 Å². The number of aryl methyl sites for hydroxylation is 1. The molecule has 0 aliphatic heterocycles. The smallest absolute Gasteiger partial charge is 0.317 e. The minimum atomic E-state index is -0.821. The molecular weight excluding hydrogens is 198 g/mol. The fourth-order valence-electron chi connectivity index (χ4n) is 1.51. The Balaban J connectivity index is 1.96. The maximum absolute atomic E-state index is 10.6. The number of rotatable bonds is 5. The molecule has 0 spiro atoms. The Morgan fingerprint density at radius 3 is 2.87 bits per heavy atom. The average Bonchev–Trinajstić information content (AvgIpc) is 2.90. The Hall–Kier alpha value is -1.43. The number of nitrogens with zero attached hydrogens (tertiary/aromatic N) is 3. The van der Waals surface area contributed by atoms with Gasteiger partial charge in [-0.3, -0.25) is 9.69 Å². The summed E-state index contributed by atoms with van der Waals surface area (Å²) in [6, 6.07) is 0.369. The van der Waals surface area contributed by atoms with Crippen LogP contribution in [0.5, 0.6) is 0 Å². The zero-order valence-electron chi connectivity index (χ0n) is 8.51. The predicted molar refractivity (Wildman–Crippen MR) is 50.1 cm³/mol. The molecule has 0 amide bonds. The molecule has 0 saturated heterocycles. The number of carbonyl (C=O) groups is 1. The third-order valence-corrected chi connectivity index (χ3v) is 2.31. The second kappa shape index (κ2) is 3.98. The summed E-state index contributed by atoms with van der Waals surface area (Å²) in [4.78, 5) is 16.5. The van der Waals surface area contributed by atoms with Gasteiger partial charge in [0.15, 0.2) is 5.82 Å². The highest BCUT2D eigenvalue weighted by molar-refractivity contribution is 5.69. The minimum Gasteiger partial charge on any atom is -0.480 e. The van der Waals surface area contributed by atoms with Crippen molar-refractivity contribution in [1.29, 1.82) is 0 Å². The Bertz CT molecular complexity index is 359. The minimum absolute atomic E-state index is 0.0338. The summed E-state index contributed by atoms with van der Waals surface area (Å²) in [6.07, 6.45) is 2.11. The van der Waals surface area contributed by atoms with Crippen molar-refractivity contribution in [1.82, 2.24) is 15.0 Å². The van der Waals surface area contributed by atoms with Gasteiger partial charge in [0.25, 0.3) is 0 Å². The van der Waals surface area contributed by atoms with E-state index in [1.165, 1.54) is 0 Å². The van der Waals surface area contributed by atoms with Gasteiger partial charge in [-0.1, -0.05) is 5.16 Å². The van der Waals surface area contributed by atoms with E-state index in [1.54, 1.807) is 6.92 Å². The van der Waals surface area contributed by atoms with Crippen LogP contribution in [0.3, 0.4) is 0 Å². The van der Waals surface area contributed by atoms with E-state index in [2.05, 4.69) is 10.1 Å². The molecule has 6 nitrogen and oxygen atoms in total. The van der Waals surface area contributed by atoms with Crippen molar-refractivity contribution in [3.8, 4) is 0 Å². The Labute approximate surface area is 86.9 Å². The lowest BCUT2D eigenvalue weighted by Gasteiger charge is -2.16. The van der Waals surface area contributed by atoms with Crippen LogP contribution < -0.4 is 0 Å². The molecule has 1 aliphatic rings. The monoisotopic (exact) mass is 211 g/mol. The summed E-state index contributed by atoms with van der Waals surface area (Å²) in [5.74, 6) is 0.245. The Kier molecular flexibility index (Phi) is 2.68. The number of carboxylic acid groups (broad SMARTS) is 1. The van der Waals surface area contributed by atoms with E-state index in [-0.39, 0.29) is 6.54 Å². The van der Waals surface area contributed by atoms with Crippen LogP contribution in [0.15, 0.2) is 4.52 Å². The molecule has 1 saturated carbocycles. The fourth-order valence-corrected chi connectivity index (χ4v) is 1.51. The molecule has 1 fully saturated rings. The van der Waals surface area contributed by atoms with E-state index in [0.29, 0.717) is 24.3 Å². The lowest BCUT2D eigenvalue weighted by molar-refractivity contribution is -0.138. The predicted octanol–water partition coefficient (Wildman–Crippen LogP) is 0.427. The average molecular weight is 211 g/mol. The zero-order chi connectivity index (χ0) is 10.8. The van der Waals surface area contributed by atoms with Gasteiger partial charge in [0.2, 0.25) is 5.89 Å². The van der Waals surface area contributed by atoms with E-state index in [0.717, 1.165) is 12.8 Å². The first-order chi connectivity index (χ1) is 7.15. The molecule has 6 heteroatoms. The van der Waals surface area contributed by atoms with Gasteiger partial charge in [0.05, 0.1) is 13.1 Å². The number of aliphatic carboxylic acids is 1. The molecule has 82 valence electrons. The Morgan fingerprint density at radius 1 is 1.67 bits per heavy atom. The van der Waals surface area contributed by atoms with Crippen molar-refractivity contribution in [2.24, 2.45) is 0 Å². The summed E-state index contributed by atoms with van der Waals surface area (Å²) in [5, 5.41) is 12.4. The highest BCUT2D eigenvalue weighted by Gasteiger charge is 2.31. The van der Waals surface area contributed by atoms with Gasteiger partial charge in [-0.2, -0.15) is 4.98 Å². The third kappa shape index (κ3) is 2.76. The summed E-state index contributed by atoms with van der Waals surface area (Å²) < 4.78 is 4.96. The van der Waals surface area contributed by atoms with Crippen molar-refractivity contribution >= 4 is 5.97 Å². The summed E-state index contributed by atoms with van der Waals surface area (Å²) >= 11 is 0. The lowest BCUT2D eigenvalue weighted by atomic mass is 10.4. The first-order valence-electron chi connectivity index (χ1n) is 4.90. The largest absolute Gasteiger partial charge is 0.480 e. The standard InChI is InChI=1S/C9H13N3O3/c1-6-10-8(15-11-6)4-12(5-9(13)14)7-2-3-7/h7H,2-5H2,1H3,(H,13,14). The summed E-state index contributed by atoms with van der Waals surface area (Å²) in [7, 11) is 0. The van der Waals surface area contributed by atoms with Crippen molar-refractivity contribution in [3.05, 3.63) is 11.7 Å². The van der Waals surface area contributed by atoms with Gasteiger partial charge in [-0.15, -0.1) is 0 Å². The first-order valence-corrected chi connectivity index (χ1v) is 4.90. The molecule has 1 heterocycles. The quantitative estimate of drug-likeness (QED) is 0.760. The van der Waals surface area contributed by atoms with E-state index < -0.39 is 5.97 Å². The molecule has 1 aromatic heterocycles. The van der Waals surface area contributed by atoms with Gasteiger partial charge >= 0.3 is 5.97 Å². The SMILES string of the molecule is Cc1noc(CN(CC(=O)O)C2CC2)n1. The van der Waals surface area contributed by atoms with Crippen LogP contribution in [0.1, 0.15) is 24.6 Å². The van der Waals surface area contributed by atoms with Gasteiger partial charge in [-0.05, 0) is 19.8 Å². The van der Waals surface area contributed by atoms with Crippen LogP contribution in [0, 0.1) is 6.92 Å². The second-order valence-electron chi connectivity index (χ2n) is 3.77. The van der Waals surface area contributed by atoms with E-state index >= 15 is 0 Å². The summed E-state index contributed by atoms with van der Waals surface area (Å²) in [5.41, 5.74) is 0. The van der Waals surface area contributed by atoms with E-state index in [9.17, 15) is 4.79 Å². The highest BCUT2D eigenvalue weighted by Crippen LogP contribution is 2.27. The molecule has 0 atom stereocenters. The van der Waals surface area contributed by atoms with Gasteiger partial charge in [0.1, 0.15) is 0 Å². The molecule has 0 bridgehead atoms. The molecule has 0 radical (unpaired) electrons. The first kappa shape index (κ1) is 10.1. The third-order valence-electron chi connectivity index (χ3n) is 2.31. The van der Waals surface area contributed by atoms with Crippen LogP contribution >= 0.6 is 0 Å². The zero-order valence-corrected chi connectivity index (χ0v) is 8.51. The molecule has 0 aromatic carbocycles.